The van der Waals surface area contributed by atoms with Crippen molar-refractivity contribution in [1.82, 2.24) is 14.5 Å². The number of nitrogens with zero attached hydrogens (tertiary/aromatic N) is 2. The Bertz CT molecular complexity index is 771. The second kappa shape index (κ2) is 6.64. The van der Waals surface area contributed by atoms with Crippen LogP contribution in [-0.4, -0.2) is 69.0 Å². The average molecular weight is 367 g/mol. The van der Waals surface area contributed by atoms with E-state index in [0.717, 1.165) is 17.1 Å². The Labute approximate surface area is 146 Å². The van der Waals surface area contributed by atoms with Crippen molar-refractivity contribution in [3.8, 4) is 0 Å². The van der Waals surface area contributed by atoms with Crippen LogP contribution < -0.4 is 5.32 Å². The van der Waals surface area contributed by atoms with Crippen molar-refractivity contribution < 1.29 is 22.7 Å². The van der Waals surface area contributed by atoms with Crippen molar-refractivity contribution in [2.45, 2.75) is 29.9 Å². The Morgan fingerprint density at radius 1 is 1.28 bits per heavy atom. The van der Waals surface area contributed by atoms with E-state index in [1.807, 2.05) is 0 Å². The number of amides is 2. The van der Waals surface area contributed by atoms with E-state index in [1.165, 1.54) is 38.4 Å². The minimum absolute atomic E-state index is 0.124. The lowest BCUT2D eigenvalue weighted by atomic mass is 10.2. The predicted molar refractivity (Wildman–Crippen MR) is 89.6 cm³/mol. The Kier molecular flexibility index (Phi) is 4.70. The summed E-state index contributed by atoms with van der Waals surface area (Å²) < 4.78 is 30.4. The summed E-state index contributed by atoms with van der Waals surface area (Å²) >= 11 is 0. The highest BCUT2D eigenvalue weighted by atomic mass is 32.2. The second-order valence-electron chi connectivity index (χ2n) is 6.41. The maximum absolute atomic E-state index is 12.2. The summed E-state index contributed by atoms with van der Waals surface area (Å²) in [4.78, 5) is 25.7. The lowest BCUT2D eigenvalue weighted by molar-refractivity contribution is 0.0914. The largest absolute Gasteiger partial charge is 0.442 e. The summed E-state index contributed by atoms with van der Waals surface area (Å²) in [5, 5.41) is 2.72. The van der Waals surface area contributed by atoms with Crippen LogP contribution in [0.2, 0.25) is 0 Å². The van der Waals surface area contributed by atoms with E-state index in [1.54, 1.807) is 4.90 Å². The van der Waals surface area contributed by atoms with Gasteiger partial charge in [-0.25, -0.2) is 17.5 Å². The second-order valence-corrected chi connectivity index (χ2v) is 8.56. The van der Waals surface area contributed by atoms with Gasteiger partial charge < -0.3 is 15.0 Å². The fourth-order valence-corrected chi connectivity index (χ4v) is 3.53. The van der Waals surface area contributed by atoms with Crippen molar-refractivity contribution in [3.05, 3.63) is 29.8 Å². The molecule has 1 heterocycles. The molecule has 0 aromatic heterocycles. The van der Waals surface area contributed by atoms with Gasteiger partial charge in [-0.3, -0.25) is 4.79 Å². The smallest absolute Gasteiger partial charge is 0.410 e. The van der Waals surface area contributed by atoms with Gasteiger partial charge in [0.25, 0.3) is 5.91 Å². The maximum atomic E-state index is 12.2. The van der Waals surface area contributed by atoms with Crippen molar-refractivity contribution in [1.29, 1.82) is 0 Å². The Balaban J connectivity index is 1.56. The first-order valence-electron chi connectivity index (χ1n) is 8.07. The fraction of sp³-hybridized carbons (Fsp3) is 0.500. The zero-order chi connectivity index (χ0) is 18.2. The number of benzene rings is 1. The van der Waals surface area contributed by atoms with E-state index in [0.29, 0.717) is 18.2 Å². The number of hydrogen-bond acceptors (Lipinski definition) is 5. The predicted octanol–water partition coefficient (Wildman–Crippen LogP) is 0.650. The summed E-state index contributed by atoms with van der Waals surface area (Å²) in [5.41, 5.74) is 0.348. The van der Waals surface area contributed by atoms with Crippen LogP contribution in [0.25, 0.3) is 0 Å². The zero-order valence-electron chi connectivity index (χ0n) is 14.1. The average Bonchev–Trinajstić information content (AvgIpc) is 3.35. The number of ether oxygens (including phenoxy) is 1. The first-order valence-corrected chi connectivity index (χ1v) is 9.51. The van der Waals surface area contributed by atoms with Gasteiger partial charge in [0.2, 0.25) is 10.0 Å². The SMILES string of the molecule is CN(C)S(=O)(=O)c1ccc(C(=O)NCC2CN(C3CC3)C(=O)O2)cc1. The third-order valence-corrected chi connectivity index (χ3v) is 6.10. The zero-order valence-corrected chi connectivity index (χ0v) is 15.0. The molecule has 0 spiro atoms. The topological polar surface area (TPSA) is 96.0 Å². The van der Waals surface area contributed by atoms with E-state index in [-0.39, 0.29) is 29.5 Å². The lowest BCUT2D eigenvalue weighted by Gasteiger charge is -2.13. The van der Waals surface area contributed by atoms with E-state index in [2.05, 4.69) is 5.32 Å². The number of cyclic esters (lactones) is 1. The summed E-state index contributed by atoms with van der Waals surface area (Å²) in [6.07, 6.45) is 1.35. The summed E-state index contributed by atoms with van der Waals surface area (Å²) in [6, 6.07) is 6.01. The van der Waals surface area contributed by atoms with Crippen molar-refractivity contribution >= 4 is 22.0 Å². The van der Waals surface area contributed by atoms with Gasteiger partial charge in [0, 0.05) is 25.7 Å². The van der Waals surface area contributed by atoms with E-state index >= 15 is 0 Å². The minimum Gasteiger partial charge on any atom is -0.442 e. The maximum Gasteiger partial charge on any atom is 0.410 e. The molecular weight excluding hydrogens is 346 g/mol. The molecule has 25 heavy (non-hydrogen) atoms. The molecule has 2 amide bonds. The molecule has 1 aliphatic carbocycles. The molecule has 1 saturated carbocycles. The molecule has 1 unspecified atom stereocenters. The van der Waals surface area contributed by atoms with Gasteiger partial charge in [-0.15, -0.1) is 0 Å². The number of carbonyl (C=O) groups is 2. The molecule has 1 aromatic rings. The minimum atomic E-state index is -3.52. The van der Waals surface area contributed by atoms with Gasteiger partial charge in [-0.05, 0) is 37.1 Å². The summed E-state index contributed by atoms with van der Waals surface area (Å²) in [5.74, 6) is -0.338. The van der Waals surface area contributed by atoms with Crippen LogP contribution in [0.3, 0.4) is 0 Å². The van der Waals surface area contributed by atoms with Crippen LogP contribution in [-0.2, 0) is 14.8 Å². The monoisotopic (exact) mass is 367 g/mol. The summed E-state index contributed by atoms with van der Waals surface area (Å²) in [7, 11) is -0.624. The number of rotatable bonds is 6. The lowest BCUT2D eigenvalue weighted by Crippen LogP contribution is -2.35. The van der Waals surface area contributed by atoms with Gasteiger partial charge in [-0.1, -0.05) is 0 Å². The number of sulfonamides is 1. The Hall–Kier alpha value is -2.13. The van der Waals surface area contributed by atoms with Gasteiger partial charge >= 0.3 is 6.09 Å². The van der Waals surface area contributed by atoms with E-state index in [4.69, 9.17) is 4.74 Å². The molecule has 3 rings (SSSR count). The normalized spacial score (nSPS) is 20.7. The van der Waals surface area contributed by atoms with E-state index in [9.17, 15) is 18.0 Å². The highest BCUT2D eigenvalue weighted by Crippen LogP contribution is 2.30. The van der Waals surface area contributed by atoms with Gasteiger partial charge in [0.05, 0.1) is 18.0 Å². The molecule has 136 valence electrons. The molecule has 1 atom stereocenters. The van der Waals surface area contributed by atoms with Crippen molar-refractivity contribution in [2.24, 2.45) is 0 Å². The molecular formula is C16H21N3O5S. The molecule has 0 bridgehead atoms. The van der Waals surface area contributed by atoms with E-state index < -0.39 is 10.0 Å². The molecule has 1 aromatic carbocycles. The number of nitrogens with one attached hydrogen (secondary N) is 1. The van der Waals surface area contributed by atoms with Crippen LogP contribution >= 0.6 is 0 Å². The number of hydrogen-bond donors (Lipinski definition) is 1. The highest BCUT2D eigenvalue weighted by molar-refractivity contribution is 7.89. The van der Waals surface area contributed by atoms with Crippen molar-refractivity contribution in [3.63, 3.8) is 0 Å². The van der Waals surface area contributed by atoms with Crippen LogP contribution in [0.1, 0.15) is 23.2 Å². The molecule has 2 fully saturated rings. The molecule has 1 saturated heterocycles. The standard InChI is InChI=1S/C16H21N3O5S/c1-18(2)25(22,23)14-7-3-11(4-8-14)15(20)17-9-13-10-19(12-5-6-12)16(21)24-13/h3-4,7-8,12-13H,5-6,9-10H2,1-2H3,(H,17,20). The van der Waals surface area contributed by atoms with Crippen molar-refractivity contribution in [2.75, 3.05) is 27.2 Å². The third-order valence-electron chi connectivity index (χ3n) is 4.28. The highest BCUT2D eigenvalue weighted by Gasteiger charge is 2.40. The molecule has 1 aliphatic heterocycles. The van der Waals surface area contributed by atoms with Gasteiger partial charge in [0.15, 0.2) is 0 Å². The molecule has 9 heteroatoms. The molecule has 0 radical (unpaired) electrons. The first kappa shape index (κ1) is 17.7. The molecule has 1 N–H and O–H groups in total. The third kappa shape index (κ3) is 3.77. The van der Waals surface area contributed by atoms with Crippen LogP contribution in [0.4, 0.5) is 4.79 Å². The number of carbonyl (C=O) groups excluding carboxylic acids is 2. The van der Waals surface area contributed by atoms with Gasteiger partial charge in [0.1, 0.15) is 6.10 Å². The first-order chi connectivity index (χ1) is 11.8. The summed E-state index contributed by atoms with van der Waals surface area (Å²) in [6.45, 7) is 0.718. The fourth-order valence-electron chi connectivity index (χ4n) is 2.63. The van der Waals surface area contributed by atoms with Crippen LogP contribution in [0, 0.1) is 0 Å². The van der Waals surface area contributed by atoms with Crippen LogP contribution in [0.15, 0.2) is 29.2 Å². The quantitative estimate of drug-likeness (QED) is 0.796. The van der Waals surface area contributed by atoms with Crippen LogP contribution in [0.5, 0.6) is 0 Å². The molecule has 8 nitrogen and oxygen atoms in total. The Morgan fingerprint density at radius 3 is 2.48 bits per heavy atom. The van der Waals surface area contributed by atoms with Gasteiger partial charge in [-0.2, -0.15) is 0 Å². The Morgan fingerprint density at radius 2 is 1.92 bits per heavy atom. The molecule has 2 aliphatic rings.